The van der Waals surface area contributed by atoms with Crippen molar-refractivity contribution in [2.45, 2.75) is 31.5 Å². The normalized spacial score (nSPS) is 20.1. The van der Waals surface area contributed by atoms with E-state index < -0.39 is 18.1 Å². The molecule has 6 nitrogen and oxygen atoms in total. The molecule has 0 radical (unpaired) electrons. The van der Waals surface area contributed by atoms with Crippen LogP contribution in [0.1, 0.15) is 5.56 Å². The zero-order valence-electron chi connectivity index (χ0n) is 15.3. The number of hydrogen-bond donors (Lipinski definition) is 0. The Kier molecular flexibility index (Phi) is 4.45. The van der Waals surface area contributed by atoms with Crippen molar-refractivity contribution in [2.75, 3.05) is 21.1 Å². The predicted molar refractivity (Wildman–Crippen MR) is 96.0 cm³/mol. The van der Waals surface area contributed by atoms with Gasteiger partial charge < -0.3 is 5.11 Å². The minimum Gasteiger partial charge on any atom is -0.829 e. The molecular formula is C16H25N3O3SSi. The van der Waals surface area contributed by atoms with Crippen LogP contribution in [0.15, 0.2) is 44.6 Å². The summed E-state index contributed by atoms with van der Waals surface area (Å²) in [5, 5.41) is 15.0. The van der Waals surface area contributed by atoms with Gasteiger partial charge in [-0.2, -0.15) is 8.42 Å². The maximum Gasteiger partial charge on any atom is 0.284 e. The molecule has 0 fully saturated rings. The number of amidine groups is 1. The van der Waals surface area contributed by atoms with Crippen LogP contribution in [0.4, 0.5) is 0 Å². The summed E-state index contributed by atoms with van der Waals surface area (Å²) in [6.45, 7) is 7.96. The number of likely N-dealkylation sites (N-methyl/N-ethyl adjacent to an activating group) is 1. The summed E-state index contributed by atoms with van der Waals surface area (Å²) >= 11 is 0. The van der Waals surface area contributed by atoms with Crippen LogP contribution in [0.2, 0.25) is 19.6 Å². The molecule has 0 saturated heterocycles. The molecule has 1 aliphatic heterocycles. The summed E-state index contributed by atoms with van der Waals surface area (Å²) < 4.78 is 29.4. The molecule has 132 valence electrons. The lowest BCUT2D eigenvalue weighted by molar-refractivity contribution is -0.984. The molecule has 2 rings (SSSR count). The second-order valence-electron chi connectivity index (χ2n) is 7.55. The van der Waals surface area contributed by atoms with Gasteiger partial charge in [-0.3, -0.25) is 0 Å². The van der Waals surface area contributed by atoms with E-state index in [1.165, 1.54) is 0 Å². The van der Waals surface area contributed by atoms with Gasteiger partial charge >= 0.3 is 0 Å². The predicted octanol–water partition coefficient (Wildman–Crippen LogP) is 1.47. The summed E-state index contributed by atoms with van der Waals surface area (Å²) in [4.78, 5) is 0.133. The molecule has 0 saturated carbocycles. The highest BCUT2D eigenvalue weighted by molar-refractivity contribution is 7.90. The van der Waals surface area contributed by atoms with E-state index in [4.69, 9.17) is 0 Å². The van der Waals surface area contributed by atoms with Crippen molar-refractivity contribution in [1.82, 2.24) is 5.01 Å². The van der Waals surface area contributed by atoms with E-state index in [2.05, 4.69) is 4.40 Å². The fourth-order valence-corrected chi connectivity index (χ4v) is 5.45. The van der Waals surface area contributed by atoms with Crippen molar-refractivity contribution in [3.8, 4) is 0 Å². The molecule has 0 N–H and O–H groups in total. The van der Waals surface area contributed by atoms with Crippen molar-refractivity contribution in [2.24, 2.45) is 4.40 Å². The van der Waals surface area contributed by atoms with Gasteiger partial charge in [-0.25, -0.2) is 9.60 Å². The molecule has 1 aromatic rings. The molecule has 0 amide bonds. The fourth-order valence-electron chi connectivity index (χ4n) is 2.54. The lowest BCUT2D eigenvalue weighted by atomic mass is 10.2. The second-order valence-corrected chi connectivity index (χ2v) is 14.2. The zero-order valence-corrected chi connectivity index (χ0v) is 17.1. The minimum atomic E-state index is -3.87. The lowest BCUT2D eigenvalue weighted by Gasteiger charge is -2.35. The van der Waals surface area contributed by atoms with Crippen LogP contribution in [0.3, 0.4) is 0 Å². The Labute approximate surface area is 145 Å². The van der Waals surface area contributed by atoms with E-state index in [1.807, 2.05) is 26.6 Å². The Morgan fingerprint density at radius 2 is 1.62 bits per heavy atom. The quantitative estimate of drug-likeness (QED) is 0.599. The van der Waals surface area contributed by atoms with E-state index in [-0.39, 0.29) is 21.2 Å². The van der Waals surface area contributed by atoms with Crippen LogP contribution in [0.5, 0.6) is 0 Å². The van der Waals surface area contributed by atoms with Gasteiger partial charge in [-0.05, 0) is 19.1 Å². The standard InChI is InChI=1S/C16H25N3O3SSi/c1-12-8-10-13(11-9-12)23(21,22)17-15-14(24(5,6)7)16(20)19(3,4)18(15)2/h8-11H,1-7H3. The first-order valence-corrected chi connectivity index (χ1v) is 12.6. The van der Waals surface area contributed by atoms with E-state index in [1.54, 1.807) is 50.4 Å². The van der Waals surface area contributed by atoms with E-state index in [0.29, 0.717) is 5.20 Å². The summed E-state index contributed by atoms with van der Waals surface area (Å²) in [5.41, 5.74) is 0.974. The molecule has 24 heavy (non-hydrogen) atoms. The van der Waals surface area contributed by atoms with Crippen LogP contribution >= 0.6 is 0 Å². The Hall–Kier alpha value is -1.64. The molecule has 0 aromatic heterocycles. The third kappa shape index (κ3) is 3.13. The SMILES string of the molecule is Cc1ccc(S(=O)(=O)/N=C2/C([Si](C)(C)C)=C([O-])[N+](C)(C)N2C)cc1. The smallest absolute Gasteiger partial charge is 0.284 e. The van der Waals surface area contributed by atoms with Crippen LogP contribution in [0.25, 0.3) is 0 Å². The fraction of sp³-hybridized carbons (Fsp3) is 0.438. The molecule has 1 aromatic carbocycles. The van der Waals surface area contributed by atoms with Crippen molar-refractivity contribution in [3.05, 3.63) is 40.9 Å². The Bertz CT molecular complexity index is 819. The second kappa shape index (κ2) is 5.71. The van der Waals surface area contributed by atoms with Gasteiger partial charge in [-0.15, -0.1) is 4.40 Å². The van der Waals surface area contributed by atoms with Crippen LogP contribution in [0, 0.1) is 6.92 Å². The van der Waals surface area contributed by atoms with Crippen molar-refractivity contribution < 1.29 is 18.1 Å². The summed E-state index contributed by atoms with van der Waals surface area (Å²) in [7, 11) is -0.769. The molecule has 0 atom stereocenters. The van der Waals surface area contributed by atoms with E-state index in [9.17, 15) is 13.5 Å². The summed E-state index contributed by atoms with van der Waals surface area (Å²) in [6.07, 6.45) is 0. The zero-order chi connectivity index (χ0) is 18.5. The van der Waals surface area contributed by atoms with Gasteiger partial charge in [0, 0.05) is 5.20 Å². The van der Waals surface area contributed by atoms with E-state index >= 15 is 0 Å². The van der Waals surface area contributed by atoms with Gasteiger partial charge in [0.15, 0.2) is 5.84 Å². The number of quaternary nitrogens is 1. The topological polar surface area (TPSA) is 72.8 Å². The maximum absolute atomic E-state index is 12.8. The lowest BCUT2D eigenvalue weighted by Crippen LogP contribution is -2.52. The monoisotopic (exact) mass is 367 g/mol. The van der Waals surface area contributed by atoms with Gasteiger partial charge in [0.1, 0.15) is 0 Å². The van der Waals surface area contributed by atoms with Crippen LogP contribution in [-0.4, -0.2) is 53.1 Å². The molecule has 0 spiro atoms. The Balaban J connectivity index is 2.64. The van der Waals surface area contributed by atoms with Gasteiger partial charge in [0.25, 0.3) is 10.0 Å². The van der Waals surface area contributed by atoms with Crippen molar-refractivity contribution in [1.29, 1.82) is 0 Å². The average molecular weight is 368 g/mol. The first kappa shape index (κ1) is 18.7. The van der Waals surface area contributed by atoms with Crippen molar-refractivity contribution in [3.63, 3.8) is 0 Å². The number of aryl methyl sites for hydroxylation is 1. The number of nitrogens with zero attached hydrogens (tertiary/aromatic N) is 3. The molecule has 1 heterocycles. The number of benzene rings is 1. The average Bonchev–Trinajstić information content (AvgIpc) is 2.59. The van der Waals surface area contributed by atoms with E-state index in [0.717, 1.165) is 5.56 Å². The molecule has 1 aliphatic rings. The molecular weight excluding hydrogens is 342 g/mol. The highest BCUT2D eigenvalue weighted by atomic mass is 32.2. The first-order valence-electron chi connectivity index (χ1n) is 7.71. The Morgan fingerprint density at radius 3 is 2.08 bits per heavy atom. The number of hydrogen-bond acceptors (Lipinski definition) is 3. The largest absolute Gasteiger partial charge is 0.829 e. The minimum absolute atomic E-state index is 0.0537. The molecule has 0 unspecified atom stereocenters. The summed E-state index contributed by atoms with van der Waals surface area (Å²) in [5.74, 6) is 0.180. The molecule has 8 heteroatoms. The third-order valence-corrected chi connectivity index (χ3v) is 7.49. The molecule has 0 aliphatic carbocycles. The van der Waals surface area contributed by atoms with Gasteiger partial charge in [0.05, 0.1) is 40.0 Å². The highest BCUT2D eigenvalue weighted by Crippen LogP contribution is 2.32. The van der Waals surface area contributed by atoms with Gasteiger partial charge in [-0.1, -0.05) is 37.3 Å². The Morgan fingerprint density at radius 1 is 1.12 bits per heavy atom. The third-order valence-electron chi connectivity index (χ3n) is 4.27. The maximum atomic E-state index is 12.8. The number of rotatable bonds is 3. The van der Waals surface area contributed by atoms with Crippen molar-refractivity contribution >= 4 is 23.9 Å². The first-order chi connectivity index (χ1) is 10.8. The summed E-state index contributed by atoms with van der Waals surface area (Å²) in [6, 6.07) is 6.55. The van der Waals surface area contributed by atoms with Crippen LogP contribution in [-0.2, 0) is 10.0 Å². The highest BCUT2D eigenvalue weighted by Gasteiger charge is 2.44. The number of sulfonamides is 1. The van der Waals surface area contributed by atoms with Gasteiger partial charge in [0.2, 0.25) is 0 Å². The molecule has 0 bridgehead atoms. The van der Waals surface area contributed by atoms with Crippen LogP contribution < -0.4 is 5.11 Å².